The van der Waals surface area contributed by atoms with Gasteiger partial charge in [-0.2, -0.15) is 0 Å². The number of carbonyl (C=O) groups is 1. The summed E-state index contributed by atoms with van der Waals surface area (Å²) in [7, 11) is 1.45. The average molecular weight is 206 g/mol. The third-order valence-corrected chi connectivity index (χ3v) is 1.97. The van der Waals surface area contributed by atoms with Crippen LogP contribution >= 0.6 is 0 Å². The number of allylic oxidation sites excluding steroid dienone is 2. The minimum Gasteiger partial charge on any atom is -0.504 e. The van der Waals surface area contributed by atoms with Crippen LogP contribution in [0.4, 0.5) is 0 Å². The van der Waals surface area contributed by atoms with Gasteiger partial charge in [0.15, 0.2) is 17.3 Å². The van der Waals surface area contributed by atoms with Crippen LogP contribution in [0, 0.1) is 0 Å². The monoisotopic (exact) mass is 206 g/mol. The van der Waals surface area contributed by atoms with E-state index in [9.17, 15) is 9.90 Å². The van der Waals surface area contributed by atoms with Gasteiger partial charge in [0, 0.05) is 5.56 Å². The second-order valence-electron chi connectivity index (χ2n) is 3.06. The topological polar surface area (TPSA) is 46.5 Å². The molecule has 1 rings (SSSR count). The molecule has 0 heterocycles. The lowest BCUT2D eigenvalue weighted by Crippen LogP contribution is -1.95. The summed E-state index contributed by atoms with van der Waals surface area (Å²) in [6.45, 7) is 1.96. The highest BCUT2D eigenvalue weighted by Gasteiger charge is 2.06. The van der Waals surface area contributed by atoms with Gasteiger partial charge in [-0.05, 0) is 30.7 Å². The molecule has 3 heteroatoms. The fourth-order valence-corrected chi connectivity index (χ4v) is 1.15. The Balaban J connectivity index is 2.95. The Hall–Kier alpha value is -1.77. The summed E-state index contributed by atoms with van der Waals surface area (Å²) in [6.07, 6.45) is 4.13. The number of aromatic hydroxyl groups is 1. The van der Waals surface area contributed by atoms with E-state index in [0.717, 1.165) is 6.42 Å². The normalized spacial score (nSPS) is 10.5. The molecule has 0 radical (unpaired) electrons. The summed E-state index contributed by atoms with van der Waals surface area (Å²) in [5, 5.41) is 9.34. The molecule has 0 aromatic heterocycles. The van der Waals surface area contributed by atoms with Gasteiger partial charge in [-0.25, -0.2) is 0 Å². The number of hydrogen-bond acceptors (Lipinski definition) is 3. The number of benzene rings is 1. The molecule has 0 spiro atoms. The second kappa shape index (κ2) is 5.20. The van der Waals surface area contributed by atoms with Crippen LogP contribution in [-0.2, 0) is 0 Å². The van der Waals surface area contributed by atoms with E-state index in [1.165, 1.54) is 25.3 Å². The molecule has 0 bridgehead atoms. The van der Waals surface area contributed by atoms with Crippen molar-refractivity contribution in [1.82, 2.24) is 0 Å². The van der Waals surface area contributed by atoms with E-state index in [4.69, 9.17) is 4.74 Å². The second-order valence-corrected chi connectivity index (χ2v) is 3.06. The number of ether oxygens (including phenoxy) is 1. The Morgan fingerprint density at radius 3 is 2.87 bits per heavy atom. The quantitative estimate of drug-likeness (QED) is 0.608. The number of carbonyl (C=O) groups excluding carboxylic acids is 1. The van der Waals surface area contributed by atoms with Gasteiger partial charge in [-0.3, -0.25) is 4.79 Å². The number of hydrogen-bond donors (Lipinski definition) is 1. The van der Waals surface area contributed by atoms with Gasteiger partial charge < -0.3 is 9.84 Å². The fourth-order valence-electron chi connectivity index (χ4n) is 1.15. The molecule has 0 aliphatic heterocycles. The van der Waals surface area contributed by atoms with Gasteiger partial charge in [0.1, 0.15) is 0 Å². The lowest BCUT2D eigenvalue weighted by atomic mass is 10.1. The van der Waals surface area contributed by atoms with E-state index < -0.39 is 0 Å². The number of phenolic OH excluding ortho intramolecular Hbond substituents is 1. The minimum atomic E-state index is -0.0878. The van der Waals surface area contributed by atoms with Gasteiger partial charge in [0.05, 0.1) is 7.11 Å². The largest absolute Gasteiger partial charge is 0.504 e. The SMILES string of the molecule is CC/C=C/C(=O)c1ccc(O)c(OC)c1. The van der Waals surface area contributed by atoms with Gasteiger partial charge in [-0.15, -0.1) is 0 Å². The zero-order valence-corrected chi connectivity index (χ0v) is 8.86. The highest BCUT2D eigenvalue weighted by atomic mass is 16.5. The van der Waals surface area contributed by atoms with Crippen LogP contribution in [0.1, 0.15) is 23.7 Å². The van der Waals surface area contributed by atoms with Crippen molar-refractivity contribution in [2.45, 2.75) is 13.3 Å². The first-order chi connectivity index (χ1) is 7.19. The number of rotatable bonds is 4. The lowest BCUT2D eigenvalue weighted by molar-refractivity contribution is 0.104. The first kappa shape index (κ1) is 11.3. The molecule has 0 atom stereocenters. The zero-order valence-electron chi connectivity index (χ0n) is 8.86. The Bertz CT molecular complexity index is 380. The maximum atomic E-state index is 11.6. The molecule has 3 nitrogen and oxygen atoms in total. The van der Waals surface area contributed by atoms with Crippen molar-refractivity contribution in [3.8, 4) is 11.5 Å². The summed E-state index contributed by atoms with van der Waals surface area (Å²) >= 11 is 0. The molecule has 0 amide bonds. The first-order valence-electron chi connectivity index (χ1n) is 4.77. The molecule has 1 aromatic carbocycles. The molecular weight excluding hydrogens is 192 g/mol. The predicted octanol–water partition coefficient (Wildman–Crippen LogP) is 2.55. The maximum absolute atomic E-state index is 11.6. The van der Waals surface area contributed by atoms with Gasteiger partial charge in [0.25, 0.3) is 0 Å². The van der Waals surface area contributed by atoms with Crippen molar-refractivity contribution < 1.29 is 14.6 Å². The molecule has 1 aromatic rings. The summed E-state index contributed by atoms with van der Waals surface area (Å²) in [5.41, 5.74) is 0.509. The lowest BCUT2D eigenvalue weighted by Gasteiger charge is -2.04. The van der Waals surface area contributed by atoms with E-state index in [-0.39, 0.29) is 11.5 Å². The Morgan fingerprint density at radius 2 is 2.27 bits per heavy atom. The maximum Gasteiger partial charge on any atom is 0.185 e. The first-order valence-corrected chi connectivity index (χ1v) is 4.77. The highest BCUT2D eigenvalue weighted by Crippen LogP contribution is 2.26. The molecule has 1 N–H and O–H groups in total. The fraction of sp³-hybridized carbons (Fsp3) is 0.250. The summed E-state index contributed by atoms with van der Waals surface area (Å²) < 4.78 is 4.91. The van der Waals surface area contributed by atoms with Crippen molar-refractivity contribution in [2.75, 3.05) is 7.11 Å². The van der Waals surface area contributed by atoms with Crippen LogP contribution in [-0.4, -0.2) is 18.0 Å². The van der Waals surface area contributed by atoms with Crippen LogP contribution in [0.3, 0.4) is 0 Å². The van der Waals surface area contributed by atoms with Crippen molar-refractivity contribution in [3.63, 3.8) is 0 Å². The Morgan fingerprint density at radius 1 is 1.53 bits per heavy atom. The number of phenols is 1. The van der Waals surface area contributed by atoms with Crippen LogP contribution < -0.4 is 4.74 Å². The Kier molecular flexibility index (Phi) is 3.92. The number of methoxy groups -OCH3 is 1. The molecular formula is C12H14O3. The molecule has 0 unspecified atom stereocenters. The van der Waals surface area contributed by atoms with E-state index in [0.29, 0.717) is 11.3 Å². The summed E-state index contributed by atoms with van der Waals surface area (Å²) in [4.78, 5) is 11.6. The molecule has 80 valence electrons. The molecule has 0 saturated heterocycles. The smallest absolute Gasteiger partial charge is 0.185 e. The van der Waals surface area contributed by atoms with Crippen LogP contribution in [0.2, 0.25) is 0 Å². The average Bonchev–Trinajstić information content (AvgIpc) is 2.26. The van der Waals surface area contributed by atoms with Gasteiger partial charge in [0.2, 0.25) is 0 Å². The number of ketones is 1. The van der Waals surface area contributed by atoms with Gasteiger partial charge >= 0.3 is 0 Å². The van der Waals surface area contributed by atoms with E-state index >= 15 is 0 Å². The zero-order chi connectivity index (χ0) is 11.3. The third-order valence-electron chi connectivity index (χ3n) is 1.97. The van der Waals surface area contributed by atoms with E-state index in [1.807, 2.05) is 6.92 Å². The highest BCUT2D eigenvalue weighted by molar-refractivity contribution is 6.04. The Labute approximate surface area is 89.0 Å². The molecule has 0 aliphatic rings. The van der Waals surface area contributed by atoms with Crippen molar-refractivity contribution in [3.05, 3.63) is 35.9 Å². The van der Waals surface area contributed by atoms with E-state index in [2.05, 4.69) is 0 Å². The molecule has 0 aliphatic carbocycles. The van der Waals surface area contributed by atoms with Crippen LogP contribution in [0.25, 0.3) is 0 Å². The standard InChI is InChI=1S/C12H14O3/c1-3-4-5-10(13)9-6-7-11(14)12(8-9)15-2/h4-8,14H,3H2,1-2H3/b5-4+. The van der Waals surface area contributed by atoms with Crippen LogP contribution in [0.15, 0.2) is 30.4 Å². The molecule has 0 saturated carbocycles. The summed E-state index contributed by atoms with van der Waals surface area (Å²) in [6, 6.07) is 4.55. The van der Waals surface area contributed by atoms with Crippen molar-refractivity contribution in [1.29, 1.82) is 0 Å². The third kappa shape index (κ3) is 2.84. The van der Waals surface area contributed by atoms with E-state index in [1.54, 1.807) is 12.1 Å². The van der Waals surface area contributed by atoms with Crippen LogP contribution in [0.5, 0.6) is 11.5 Å². The van der Waals surface area contributed by atoms with Gasteiger partial charge in [-0.1, -0.05) is 13.0 Å². The minimum absolute atomic E-state index is 0.0357. The molecule has 15 heavy (non-hydrogen) atoms. The van der Waals surface area contributed by atoms with Crippen molar-refractivity contribution >= 4 is 5.78 Å². The summed E-state index contributed by atoms with van der Waals surface area (Å²) in [5.74, 6) is 0.259. The molecule has 0 fully saturated rings. The van der Waals surface area contributed by atoms with Crippen molar-refractivity contribution in [2.24, 2.45) is 0 Å². The predicted molar refractivity (Wildman–Crippen MR) is 58.4 cm³/mol.